The molecule has 2 aromatic rings. The van der Waals surface area contributed by atoms with E-state index in [0.29, 0.717) is 0 Å². The first-order valence-electron chi connectivity index (χ1n) is 6.52. The lowest BCUT2D eigenvalue weighted by molar-refractivity contribution is -0.531. The fourth-order valence-corrected chi connectivity index (χ4v) is 2.53. The molecule has 0 fully saturated rings. The minimum atomic E-state index is -0.291. The van der Waals surface area contributed by atoms with Crippen molar-refractivity contribution in [3.05, 3.63) is 83.9 Å². The quantitative estimate of drug-likeness (QED) is 0.843. The Morgan fingerprint density at radius 1 is 0.900 bits per heavy atom. The van der Waals surface area contributed by atoms with Crippen molar-refractivity contribution in [3.63, 3.8) is 0 Å². The molecule has 1 aliphatic heterocycles. The van der Waals surface area contributed by atoms with Crippen molar-refractivity contribution in [2.75, 3.05) is 0 Å². The van der Waals surface area contributed by atoms with Crippen LogP contribution in [-0.4, -0.2) is 16.4 Å². The molecule has 0 amide bonds. The van der Waals surface area contributed by atoms with Crippen LogP contribution in [-0.2, 0) is 4.74 Å². The molecule has 0 radical (unpaired) electrons. The number of ether oxygens (including phenoxy) is 1. The number of benzene rings is 2. The zero-order chi connectivity index (χ0) is 13.9. The lowest BCUT2D eigenvalue weighted by atomic mass is 9.94. The topological polar surface area (TPSA) is 32.5 Å². The third-order valence-corrected chi connectivity index (χ3v) is 3.44. The summed E-state index contributed by atoms with van der Waals surface area (Å²) in [4.78, 5) is 0. The van der Waals surface area contributed by atoms with Gasteiger partial charge in [0.05, 0.1) is 0 Å². The average Bonchev–Trinajstić information content (AvgIpc) is 2.48. The maximum atomic E-state index is 9.73. The van der Waals surface area contributed by atoms with Gasteiger partial charge in [0.1, 0.15) is 6.72 Å². The van der Waals surface area contributed by atoms with Gasteiger partial charge in [-0.2, -0.15) is 4.58 Å². The first-order chi connectivity index (χ1) is 9.75. The first-order valence-corrected chi connectivity index (χ1v) is 6.52. The molecule has 0 aromatic heterocycles. The fourth-order valence-electron chi connectivity index (χ4n) is 2.53. The van der Waals surface area contributed by atoms with E-state index in [1.54, 1.807) is 4.58 Å². The van der Waals surface area contributed by atoms with Gasteiger partial charge in [0.15, 0.2) is 6.10 Å². The SMILES string of the molecule is C=[N+]1C=C(O)O[C@H](c2ccccc2)[C@@H]1c1ccccc1. The minimum absolute atomic E-state index is 0.0745. The summed E-state index contributed by atoms with van der Waals surface area (Å²) in [7, 11) is 0. The summed E-state index contributed by atoms with van der Waals surface area (Å²) >= 11 is 0. The highest BCUT2D eigenvalue weighted by molar-refractivity contribution is 5.28. The molecule has 3 nitrogen and oxygen atoms in total. The van der Waals surface area contributed by atoms with Gasteiger partial charge in [-0.25, -0.2) is 0 Å². The summed E-state index contributed by atoms with van der Waals surface area (Å²) in [5, 5.41) is 9.73. The van der Waals surface area contributed by atoms with E-state index < -0.39 is 0 Å². The molecule has 2 aromatic carbocycles. The molecule has 0 saturated heterocycles. The Bertz CT molecular complexity index is 635. The van der Waals surface area contributed by atoms with E-state index in [4.69, 9.17) is 4.74 Å². The number of aliphatic hydroxyl groups is 1. The molecular formula is C17H16NO2+. The Hall–Kier alpha value is -2.55. The Kier molecular flexibility index (Phi) is 3.25. The third-order valence-electron chi connectivity index (χ3n) is 3.44. The van der Waals surface area contributed by atoms with Gasteiger partial charge in [0, 0.05) is 5.56 Å². The van der Waals surface area contributed by atoms with Crippen molar-refractivity contribution < 1.29 is 14.4 Å². The van der Waals surface area contributed by atoms with Crippen molar-refractivity contribution >= 4 is 6.72 Å². The van der Waals surface area contributed by atoms with Gasteiger partial charge in [-0.1, -0.05) is 60.7 Å². The Morgan fingerprint density at radius 2 is 1.45 bits per heavy atom. The zero-order valence-corrected chi connectivity index (χ0v) is 11.0. The predicted molar refractivity (Wildman–Crippen MR) is 77.5 cm³/mol. The average molecular weight is 266 g/mol. The largest absolute Gasteiger partial charge is 0.477 e. The maximum absolute atomic E-state index is 9.73. The van der Waals surface area contributed by atoms with Crippen molar-refractivity contribution in [2.24, 2.45) is 0 Å². The lowest BCUT2D eigenvalue weighted by Gasteiger charge is -2.27. The van der Waals surface area contributed by atoms with Crippen LogP contribution >= 0.6 is 0 Å². The van der Waals surface area contributed by atoms with E-state index in [2.05, 4.69) is 6.72 Å². The zero-order valence-electron chi connectivity index (χ0n) is 11.0. The second-order valence-corrected chi connectivity index (χ2v) is 4.79. The standard InChI is InChI=1S/C17H15NO2/c1-18-12-15(19)20-17(14-10-6-3-7-11-14)16(18)13-8-4-2-5-9-13/h2-12,16-17H,1H2/p+1/t16-,17+/m0/s1. The van der Waals surface area contributed by atoms with Gasteiger partial charge in [0.2, 0.25) is 12.2 Å². The summed E-state index contributed by atoms with van der Waals surface area (Å²) in [5.41, 5.74) is 2.11. The predicted octanol–water partition coefficient (Wildman–Crippen LogP) is 3.57. The van der Waals surface area contributed by atoms with E-state index in [1.165, 1.54) is 6.20 Å². The van der Waals surface area contributed by atoms with Gasteiger partial charge in [0.25, 0.3) is 0 Å². The Morgan fingerprint density at radius 3 is 2.05 bits per heavy atom. The van der Waals surface area contributed by atoms with Crippen LogP contribution in [0.3, 0.4) is 0 Å². The molecule has 3 rings (SSSR count). The second kappa shape index (κ2) is 5.21. The van der Waals surface area contributed by atoms with Crippen LogP contribution in [0.25, 0.3) is 0 Å². The smallest absolute Gasteiger partial charge is 0.344 e. The summed E-state index contributed by atoms with van der Waals surface area (Å²) in [6.45, 7) is 4.00. The van der Waals surface area contributed by atoms with Crippen molar-refractivity contribution in [3.8, 4) is 0 Å². The van der Waals surface area contributed by atoms with Crippen LogP contribution in [0.2, 0.25) is 0 Å². The highest BCUT2D eigenvalue weighted by atomic mass is 16.6. The maximum Gasteiger partial charge on any atom is 0.344 e. The third kappa shape index (κ3) is 2.30. The fraction of sp³-hybridized carbons (Fsp3) is 0.118. The number of aliphatic hydroxyl groups excluding tert-OH is 1. The Labute approximate surface area is 118 Å². The van der Waals surface area contributed by atoms with E-state index in [0.717, 1.165) is 11.1 Å². The highest BCUT2D eigenvalue weighted by Gasteiger charge is 2.38. The molecule has 0 unspecified atom stereocenters. The van der Waals surface area contributed by atoms with Crippen LogP contribution < -0.4 is 0 Å². The monoisotopic (exact) mass is 266 g/mol. The summed E-state index contributed by atoms with van der Waals surface area (Å²) in [6.07, 6.45) is 1.22. The van der Waals surface area contributed by atoms with Crippen LogP contribution in [0.15, 0.2) is 72.8 Å². The van der Waals surface area contributed by atoms with Crippen molar-refractivity contribution in [1.82, 2.24) is 0 Å². The van der Waals surface area contributed by atoms with Gasteiger partial charge < -0.3 is 9.84 Å². The van der Waals surface area contributed by atoms with Crippen LogP contribution in [0.5, 0.6) is 0 Å². The minimum Gasteiger partial charge on any atom is -0.477 e. The molecule has 1 N–H and O–H groups in total. The molecule has 100 valence electrons. The molecule has 0 saturated carbocycles. The number of nitrogens with zero attached hydrogens (tertiary/aromatic N) is 1. The molecule has 1 aliphatic rings. The summed E-state index contributed by atoms with van der Waals surface area (Å²) < 4.78 is 7.39. The van der Waals surface area contributed by atoms with Crippen molar-refractivity contribution in [1.29, 1.82) is 0 Å². The van der Waals surface area contributed by atoms with E-state index in [1.807, 2.05) is 60.7 Å². The van der Waals surface area contributed by atoms with E-state index in [-0.39, 0.29) is 18.1 Å². The molecular weight excluding hydrogens is 250 g/mol. The normalized spacial score (nSPS) is 22.0. The molecule has 1 heterocycles. The molecule has 0 bridgehead atoms. The Balaban J connectivity index is 2.06. The van der Waals surface area contributed by atoms with Gasteiger partial charge in [-0.3, -0.25) is 0 Å². The number of hydrogen-bond donors (Lipinski definition) is 1. The molecule has 20 heavy (non-hydrogen) atoms. The van der Waals surface area contributed by atoms with E-state index in [9.17, 15) is 5.11 Å². The molecule has 0 aliphatic carbocycles. The van der Waals surface area contributed by atoms with Gasteiger partial charge in [-0.05, 0) is 5.56 Å². The molecule has 2 atom stereocenters. The van der Waals surface area contributed by atoms with Crippen LogP contribution in [0.4, 0.5) is 0 Å². The number of rotatable bonds is 2. The summed E-state index contributed by atoms with van der Waals surface area (Å²) in [6, 6.07) is 19.8. The van der Waals surface area contributed by atoms with Crippen molar-refractivity contribution in [2.45, 2.75) is 12.1 Å². The van der Waals surface area contributed by atoms with E-state index >= 15 is 0 Å². The molecule has 3 heteroatoms. The van der Waals surface area contributed by atoms with Gasteiger partial charge >= 0.3 is 5.95 Å². The second-order valence-electron chi connectivity index (χ2n) is 4.79. The first kappa shape index (κ1) is 12.5. The summed E-state index contributed by atoms with van der Waals surface area (Å²) in [5.74, 6) is -0.110. The molecule has 0 spiro atoms. The van der Waals surface area contributed by atoms with Crippen LogP contribution in [0.1, 0.15) is 23.3 Å². The van der Waals surface area contributed by atoms with Gasteiger partial charge in [-0.15, -0.1) is 0 Å². The van der Waals surface area contributed by atoms with Crippen LogP contribution in [0, 0.1) is 0 Å². The number of hydrogen-bond acceptors (Lipinski definition) is 2. The highest BCUT2D eigenvalue weighted by Crippen LogP contribution is 2.38. The lowest BCUT2D eigenvalue weighted by Crippen LogP contribution is -2.27.